The number of carbonyl (C=O) groups is 2. The minimum Gasteiger partial charge on any atom is -0.379 e. The van der Waals surface area contributed by atoms with Crippen molar-refractivity contribution in [2.24, 2.45) is 0 Å². The fourth-order valence-electron chi connectivity index (χ4n) is 5.42. The summed E-state index contributed by atoms with van der Waals surface area (Å²) in [6.07, 6.45) is 7.46. The minimum absolute atomic E-state index is 0.165. The van der Waals surface area contributed by atoms with Crippen LogP contribution in [0.4, 0.5) is 8.78 Å². The van der Waals surface area contributed by atoms with Gasteiger partial charge in [0.05, 0.1) is 43.3 Å². The lowest BCUT2D eigenvalue weighted by molar-refractivity contribution is -0.129. The first-order valence-corrected chi connectivity index (χ1v) is 12.6. The van der Waals surface area contributed by atoms with Crippen molar-refractivity contribution in [1.29, 1.82) is 0 Å². The van der Waals surface area contributed by atoms with E-state index in [9.17, 15) is 18.4 Å². The van der Waals surface area contributed by atoms with E-state index in [0.29, 0.717) is 56.8 Å². The first kappa shape index (κ1) is 25.2. The number of benzene rings is 1. The SMILES string of the molecule is CC[C@H](C(=O)N[C@@H]1CN(C(=O)c2nccn3cncc23)CC[C@H]1c1cc(F)cc(F)c1)N1CCOCC1. The number of fused-ring (bicyclic) bond motifs is 1. The summed E-state index contributed by atoms with van der Waals surface area (Å²) in [6.45, 7) is 4.92. The van der Waals surface area contributed by atoms with Crippen LogP contribution in [-0.2, 0) is 9.53 Å². The van der Waals surface area contributed by atoms with E-state index in [1.165, 1.54) is 18.3 Å². The topological polar surface area (TPSA) is 92.1 Å². The highest BCUT2D eigenvalue weighted by Gasteiger charge is 2.37. The number of hydrogen-bond donors (Lipinski definition) is 1. The Kier molecular flexibility index (Phi) is 7.43. The standard InChI is InChI=1S/C26H30F2N6O3/c1-2-22(32-7-9-37-10-8-32)25(35)31-21-15-33(5-3-20(21)17-11-18(27)13-19(28)12-17)26(36)24-23-14-29-16-34(23)6-4-30-24/h4,6,11-14,16,20-22H,2-3,5,7-10,15H2,1H3,(H,31,35)/t20-,21+,22+/m0/s1. The number of rotatable bonds is 6. The van der Waals surface area contributed by atoms with Gasteiger partial charge in [-0.05, 0) is 30.5 Å². The highest BCUT2D eigenvalue weighted by molar-refractivity contribution is 5.98. The van der Waals surface area contributed by atoms with Crippen LogP contribution in [0.5, 0.6) is 0 Å². The molecule has 196 valence electrons. The van der Waals surface area contributed by atoms with Crippen LogP contribution < -0.4 is 5.32 Å². The largest absolute Gasteiger partial charge is 0.379 e. The highest BCUT2D eigenvalue weighted by Crippen LogP contribution is 2.31. The van der Waals surface area contributed by atoms with Crippen LogP contribution in [0.2, 0.25) is 0 Å². The molecule has 9 nitrogen and oxygen atoms in total. The van der Waals surface area contributed by atoms with Gasteiger partial charge in [0.1, 0.15) is 11.6 Å². The number of ether oxygens (including phenoxy) is 1. The summed E-state index contributed by atoms with van der Waals surface area (Å²) < 4.78 is 35.4. The van der Waals surface area contributed by atoms with Crippen molar-refractivity contribution in [2.75, 3.05) is 39.4 Å². The predicted molar refractivity (Wildman–Crippen MR) is 131 cm³/mol. The molecule has 2 fully saturated rings. The molecule has 1 N–H and O–H groups in total. The smallest absolute Gasteiger partial charge is 0.274 e. The van der Waals surface area contributed by atoms with Crippen molar-refractivity contribution in [3.63, 3.8) is 0 Å². The lowest BCUT2D eigenvalue weighted by Crippen LogP contribution is -2.58. The van der Waals surface area contributed by atoms with Gasteiger partial charge in [-0.3, -0.25) is 14.5 Å². The Morgan fingerprint density at radius 3 is 2.65 bits per heavy atom. The number of aromatic nitrogens is 3. The lowest BCUT2D eigenvalue weighted by atomic mass is 9.84. The third-order valence-corrected chi connectivity index (χ3v) is 7.26. The van der Waals surface area contributed by atoms with Gasteiger partial charge in [-0.2, -0.15) is 0 Å². The van der Waals surface area contributed by atoms with E-state index in [-0.39, 0.29) is 36.0 Å². The second-order valence-electron chi connectivity index (χ2n) is 9.50. The van der Waals surface area contributed by atoms with Crippen molar-refractivity contribution < 1.29 is 23.1 Å². The van der Waals surface area contributed by atoms with Crippen molar-refractivity contribution in [3.8, 4) is 0 Å². The fourth-order valence-corrected chi connectivity index (χ4v) is 5.42. The molecule has 0 bridgehead atoms. The van der Waals surface area contributed by atoms with E-state index < -0.39 is 17.7 Å². The molecule has 3 atom stereocenters. The van der Waals surface area contributed by atoms with Crippen LogP contribution in [0.25, 0.3) is 5.52 Å². The summed E-state index contributed by atoms with van der Waals surface area (Å²) in [5.74, 6) is -2.15. The van der Waals surface area contributed by atoms with Crippen LogP contribution >= 0.6 is 0 Å². The molecule has 2 amide bonds. The average molecular weight is 513 g/mol. The fraction of sp³-hybridized carbons (Fsp3) is 0.462. The quantitative estimate of drug-likeness (QED) is 0.545. The molecular formula is C26H30F2N6O3. The Hall–Kier alpha value is -3.44. The van der Waals surface area contributed by atoms with Gasteiger partial charge in [0.25, 0.3) is 5.91 Å². The van der Waals surface area contributed by atoms with Crippen LogP contribution in [0.3, 0.4) is 0 Å². The maximum atomic E-state index is 14.1. The Balaban J connectivity index is 1.41. The third kappa shape index (κ3) is 5.33. The number of amides is 2. The molecule has 2 aromatic heterocycles. The van der Waals surface area contributed by atoms with Gasteiger partial charge >= 0.3 is 0 Å². The number of nitrogens with zero attached hydrogens (tertiary/aromatic N) is 5. The Bertz CT molecular complexity index is 1260. The number of piperidine rings is 1. The highest BCUT2D eigenvalue weighted by atomic mass is 19.1. The maximum Gasteiger partial charge on any atom is 0.274 e. The zero-order chi connectivity index (χ0) is 25.9. The van der Waals surface area contributed by atoms with Crippen molar-refractivity contribution >= 4 is 17.3 Å². The third-order valence-electron chi connectivity index (χ3n) is 7.26. The van der Waals surface area contributed by atoms with E-state index in [4.69, 9.17) is 4.74 Å². The summed E-state index contributed by atoms with van der Waals surface area (Å²) in [5.41, 5.74) is 1.31. The van der Waals surface area contributed by atoms with Gasteiger partial charge in [-0.1, -0.05) is 6.92 Å². The number of nitrogens with one attached hydrogen (secondary N) is 1. The number of morpholine rings is 1. The summed E-state index contributed by atoms with van der Waals surface area (Å²) >= 11 is 0. The molecule has 2 aliphatic rings. The van der Waals surface area contributed by atoms with Gasteiger partial charge in [-0.15, -0.1) is 0 Å². The van der Waals surface area contributed by atoms with Crippen LogP contribution in [0, 0.1) is 11.6 Å². The number of carbonyl (C=O) groups excluding carboxylic acids is 2. The molecule has 0 aliphatic carbocycles. The lowest BCUT2D eigenvalue weighted by Gasteiger charge is -2.40. The van der Waals surface area contributed by atoms with Crippen LogP contribution in [-0.4, -0.2) is 87.5 Å². The summed E-state index contributed by atoms with van der Waals surface area (Å²) in [6, 6.07) is 2.54. The predicted octanol–water partition coefficient (Wildman–Crippen LogP) is 2.23. The van der Waals surface area contributed by atoms with Crippen molar-refractivity contribution in [1.82, 2.24) is 29.5 Å². The minimum atomic E-state index is -0.671. The van der Waals surface area contributed by atoms with Gasteiger partial charge in [0.15, 0.2) is 5.69 Å². The van der Waals surface area contributed by atoms with Gasteiger partial charge < -0.3 is 19.4 Å². The van der Waals surface area contributed by atoms with Crippen LogP contribution in [0.1, 0.15) is 41.7 Å². The second-order valence-corrected chi connectivity index (χ2v) is 9.50. The molecule has 3 aromatic rings. The molecule has 4 heterocycles. The average Bonchev–Trinajstić information content (AvgIpc) is 3.38. The monoisotopic (exact) mass is 512 g/mol. The molecule has 5 rings (SSSR count). The molecule has 0 saturated carbocycles. The van der Waals surface area contributed by atoms with E-state index >= 15 is 0 Å². The number of hydrogen-bond acceptors (Lipinski definition) is 6. The van der Waals surface area contributed by atoms with Crippen LogP contribution in [0.15, 0.2) is 43.1 Å². The van der Waals surface area contributed by atoms with Crippen molar-refractivity contribution in [2.45, 2.75) is 37.8 Å². The summed E-state index contributed by atoms with van der Waals surface area (Å²) in [4.78, 5) is 39.1. The summed E-state index contributed by atoms with van der Waals surface area (Å²) in [7, 11) is 0. The molecule has 11 heteroatoms. The summed E-state index contributed by atoms with van der Waals surface area (Å²) in [5, 5.41) is 3.13. The molecule has 0 unspecified atom stereocenters. The van der Waals surface area contributed by atoms with E-state index in [1.54, 1.807) is 28.0 Å². The van der Waals surface area contributed by atoms with Crippen molar-refractivity contribution in [3.05, 3.63) is 66.0 Å². The molecule has 0 spiro atoms. The number of halogens is 2. The van der Waals surface area contributed by atoms with Gasteiger partial charge in [-0.25, -0.2) is 18.7 Å². The van der Waals surface area contributed by atoms with Gasteiger partial charge in [0, 0.05) is 50.6 Å². The zero-order valence-electron chi connectivity index (χ0n) is 20.6. The van der Waals surface area contributed by atoms with Gasteiger partial charge in [0.2, 0.25) is 5.91 Å². The molecule has 2 saturated heterocycles. The Labute approximate surface area is 213 Å². The Morgan fingerprint density at radius 2 is 1.92 bits per heavy atom. The first-order valence-electron chi connectivity index (χ1n) is 12.6. The molecule has 1 aromatic carbocycles. The molecule has 37 heavy (non-hydrogen) atoms. The first-order chi connectivity index (χ1) is 17.9. The normalized spacial score (nSPS) is 21.6. The van der Waals surface area contributed by atoms with E-state index in [1.807, 2.05) is 6.92 Å². The second kappa shape index (κ2) is 10.9. The molecule has 2 aliphatic heterocycles. The van der Waals surface area contributed by atoms with E-state index in [0.717, 1.165) is 6.07 Å². The van der Waals surface area contributed by atoms with E-state index in [2.05, 4.69) is 20.2 Å². The maximum absolute atomic E-state index is 14.1. The Morgan fingerprint density at radius 1 is 1.16 bits per heavy atom. The molecule has 0 radical (unpaired) electrons. The number of imidazole rings is 1. The zero-order valence-corrected chi connectivity index (χ0v) is 20.6. The number of likely N-dealkylation sites (tertiary alicyclic amines) is 1. The molecular weight excluding hydrogens is 482 g/mol.